The second-order valence-electron chi connectivity index (χ2n) is 9.89. The van der Waals surface area contributed by atoms with E-state index in [4.69, 9.17) is 9.47 Å². The number of likely N-dealkylation sites (tertiary alicyclic amines) is 1. The van der Waals surface area contributed by atoms with E-state index in [1.54, 1.807) is 47.6 Å². The molecule has 202 valence electrons. The summed E-state index contributed by atoms with van der Waals surface area (Å²) in [6, 6.07) is 17.9. The van der Waals surface area contributed by atoms with Crippen molar-refractivity contribution in [2.75, 3.05) is 39.4 Å². The summed E-state index contributed by atoms with van der Waals surface area (Å²) in [5.41, 5.74) is 3.43. The van der Waals surface area contributed by atoms with E-state index in [-0.39, 0.29) is 11.3 Å². The summed E-state index contributed by atoms with van der Waals surface area (Å²) in [6.07, 6.45) is 3.99. The van der Waals surface area contributed by atoms with Crippen molar-refractivity contribution in [3.63, 3.8) is 0 Å². The third-order valence-corrected chi connectivity index (χ3v) is 7.13. The lowest BCUT2D eigenvalue weighted by Gasteiger charge is -2.29. The number of aliphatic hydroxyl groups excluding tert-OH is 1. The van der Waals surface area contributed by atoms with Crippen molar-refractivity contribution in [2.24, 2.45) is 0 Å². The Bertz CT molecular complexity index is 1330. The lowest BCUT2D eigenvalue weighted by molar-refractivity contribution is -0.140. The second kappa shape index (κ2) is 12.2. The van der Waals surface area contributed by atoms with Crippen LogP contribution in [0.25, 0.3) is 5.76 Å². The van der Waals surface area contributed by atoms with Crippen LogP contribution < -0.4 is 4.74 Å². The number of amides is 1. The topological polar surface area (TPSA) is 92.2 Å². The van der Waals surface area contributed by atoms with Gasteiger partial charge in [0.1, 0.15) is 18.1 Å². The summed E-state index contributed by atoms with van der Waals surface area (Å²) in [4.78, 5) is 34.5. The van der Waals surface area contributed by atoms with Gasteiger partial charge in [-0.15, -0.1) is 0 Å². The number of ketones is 1. The van der Waals surface area contributed by atoms with Gasteiger partial charge in [-0.2, -0.15) is 0 Å². The Balaban J connectivity index is 1.36. The summed E-state index contributed by atoms with van der Waals surface area (Å²) in [6.45, 7) is 6.77. The molecule has 2 fully saturated rings. The minimum absolute atomic E-state index is 0.0767. The molecule has 2 saturated heterocycles. The van der Waals surface area contributed by atoms with E-state index in [2.05, 4.69) is 16.0 Å². The van der Waals surface area contributed by atoms with E-state index in [1.165, 1.54) is 0 Å². The molecule has 0 bridgehead atoms. The summed E-state index contributed by atoms with van der Waals surface area (Å²) < 4.78 is 11.3. The van der Waals surface area contributed by atoms with Gasteiger partial charge in [0.15, 0.2) is 0 Å². The van der Waals surface area contributed by atoms with Crippen LogP contribution in [0.1, 0.15) is 34.7 Å². The Morgan fingerprint density at radius 3 is 2.56 bits per heavy atom. The Morgan fingerprint density at radius 1 is 1.05 bits per heavy atom. The van der Waals surface area contributed by atoms with E-state index in [9.17, 15) is 14.7 Å². The van der Waals surface area contributed by atoms with Crippen LogP contribution in [0.15, 0.2) is 78.6 Å². The van der Waals surface area contributed by atoms with Gasteiger partial charge >= 0.3 is 0 Å². The highest BCUT2D eigenvalue weighted by Gasteiger charge is 2.45. The first-order valence-corrected chi connectivity index (χ1v) is 13.3. The number of aryl methyl sites for hydroxylation is 1. The molecule has 8 nitrogen and oxygen atoms in total. The van der Waals surface area contributed by atoms with E-state index in [0.29, 0.717) is 49.7 Å². The summed E-state index contributed by atoms with van der Waals surface area (Å²) in [7, 11) is 0. The van der Waals surface area contributed by atoms with Gasteiger partial charge < -0.3 is 19.5 Å². The normalized spacial score (nSPS) is 19.4. The maximum Gasteiger partial charge on any atom is 0.295 e. The fourth-order valence-corrected chi connectivity index (χ4v) is 5.12. The molecule has 3 heterocycles. The molecule has 0 spiro atoms. The van der Waals surface area contributed by atoms with Gasteiger partial charge in [0.05, 0.1) is 24.8 Å². The molecule has 5 rings (SSSR count). The number of hydrogen-bond acceptors (Lipinski definition) is 7. The van der Waals surface area contributed by atoms with Gasteiger partial charge in [0.2, 0.25) is 0 Å². The highest BCUT2D eigenvalue weighted by Crippen LogP contribution is 2.39. The number of ether oxygens (including phenoxy) is 2. The summed E-state index contributed by atoms with van der Waals surface area (Å²) in [5, 5.41) is 11.3. The zero-order chi connectivity index (χ0) is 27.2. The van der Waals surface area contributed by atoms with Crippen LogP contribution in [0, 0.1) is 6.92 Å². The molecule has 3 aromatic rings. The van der Waals surface area contributed by atoms with Crippen LogP contribution >= 0.6 is 0 Å². The number of benzene rings is 2. The van der Waals surface area contributed by atoms with Crippen molar-refractivity contribution in [1.29, 1.82) is 0 Å². The number of nitrogens with zero attached hydrogens (tertiary/aromatic N) is 3. The van der Waals surface area contributed by atoms with Crippen molar-refractivity contribution in [3.05, 3.63) is 101 Å². The van der Waals surface area contributed by atoms with Crippen LogP contribution in [0.5, 0.6) is 5.75 Å². The van der Waals surface area contributed by atoms with Gasteiger partial charge in [0.25, 0.3) is 11.7 Å². The third kappa shape index (κ3) is 6.19. The van der Waals surface area contributed by atoms with E-state index >= 15 is 0 Å². The predicted octanol–water partition coefficient (Wildman–Crippen LogP) is 4.11. The molecule has 39 heavy (non-hydrogen) atoms. The molecule has 0 saturated carbocycles. The predicted molar refractivity (Wildman–Crippen MR) is 147 cm³/mol. The van der Waals surface area contributed by atoms with Gasteiger partial charge in [-0.05, 0) is 54.8 Å². The number of carbonyl (C=O) groups is 2. The minimum Gasteiger partial charge on any atom is -0.507 e. The van der Waals surface area contributed by atoms with Gasteiger partial charge in [-0.1, -0.05) is 35.9 Å². The number of hydrogen-bond donors (Lipinski definition) is 1. The van der Waals surface area contributed by atoms with Crippen LogP contribution in [0.3, 0.4) is 0 Å². The van der Waals surface area contributed by atoms with Crippen molar-refractivity contribution >= 4 is 17.4 Å². The largest absolute Gasteiger partial charge is 0.507 e. The smallest absolute Gasteiger partial charge is 0.295 e. The molecule has 1 N–H and O–H groups in total. The van der Waals surface area contributed by atoms with Gasteiger partial charge in [-0.3, -0.25) is 19.5 Å². The van der Waals surface area contributed by atoms with Crippen molar-refractivity contribution < 1.29 is 24.2 Å². The van der Waals surface area contributed by atoms with Crippen molar-refractivity contribution in [2.45, 2.75) is 26.0 Å². The van der Waals surface area contributed by atoms with Crippen molar-refractivity contribution in [1.82, 2.24) is 14.8 Å². The average Bonchev–Trinajstić information content (AvgIpc) is 3.22. The van der Waals surface area contributed by atoms with Crippen molar-refractivity contribution in [3.8, 4) is 5.75 Å². The number of rotatable bonds is 9. The number of morpholine rings is 1. The lowest BCUT2D eigenvalue weighted by Crippen LogP contribution is -2.39. The number of aliphatic hydroxyl groups is 1. The molecule has 2 aliphatic rings. The molecule has 0 radical (unpaired) electrons. The summed E-state index contributed by atoms with van der Waals surface area (Å²) >= 11 is 0. The maximum absolute atomic E-state index is 13.3. The molecule has 1 amide bonds. The maximum atomic E-state index is 13.3. The first-order valence-electron chi connectivity index (χ1n) is 13.3. The molecule has 1 aromatic heterocycles. The number of carbonyl (C=O) groups excluding carboxylic acids is 2. The quantitative estimate of drug-likeness (QED) is 0.254. The molecule has 2 aliphatic heterocycles. The van der Waals surface area contributed by atoms with E-state index in [0.717, 1.165) is 30.8 Å². The number of Topliss-reactive ketones (excluding diaryl/α,β-unsaturated/α-hetero) is 1. The molecule has 0 aliphatic carbocycles. The van der Waals surface area contributed by atoms with Gasteiger partial charge in [-0.25, -0.2) is 0 Å². The first-order chi connectivity index (χ1) is 19.0. The van der Waals surface area contributed by atoms with Crippen LogP contribution in [0.4, 0.5) is 0 Å². The standard InChI is InChI=1S/C31H33N3O5/c1-22-5-2-6-23(19-22)21-39-26-10-8-24(9-11-26)29(35)27-28(25-7-3-12-32-20-25)34(31(37)30(27)36)14-4-13-33-15-17-38-18-16-33/h2-3,5-12,19-20,28,35H,4,13-18,21H2,1H3/t28-/m0/s1. The zero-order valence-corrected chi connectivity index (χ0v) is 22.1. The lowest BCUT2D eigenvalue weighted by atomic mass is 9.96. The molecule has 8 heteroatoms. The highest BCUT2D eigenvalue weighted by molar-refractivity contribution is 6.46. The zero-order valence-electron chi connectivity index (χ0n) is 22.1. The molecule has 2 aromatic carbocycles. The fourth-order valence-electron chi connectivity index (χ4n) is 5.12. The Labute approximate surface area is 228 Å². The SMILES string of the molecule is Cc1cccc(COc2ccc(C(O)=C3C(=O)C(=O)N(CCCN4CCOCC4)[C@H]3c3cccnc3)cc2)c1. The average molecular weight is 528 g/mol. The van der Waals surface area contributed by atoms with Gasteiger partial charge in [0, 0.05) is 44.1 Å². The third-order valence-electron chi connectivity index (χ3n) is 7.13. The molecule has 1 atom stereocenters. The number of aromatic nitrogens is 1. The van der Waals surface area contributed by atoms with Crippen LogP contribution in [0.2, 0.25) is 0 Å². The highest BCUT2D eigenvalue weighted by atomic mass is 16.5. The monoisotopic (exact) mass is 527 g/mol. The van der Waals surface area contributed by atoms with E-state index < -0.39 is 17.7 Å². The van der Waals surface area contributed by atoms with Crippen LogP contribution in [-0.2, 0) is 20.9 Å². The second-order valence-corrected chi connectivity index (χ2v) is 9.89. The van der Waals surface area contributed by atoms with Crippen LogP contribution in [-0.4, -0.2) is 71.0 Å². The number of pyridine rings is 1. The Kier molecular flexibility index (Phi) is 8.34. The first kappa shape index (κ1) is 26.6. The molecule has 0 unspecified atom stereocenters. The minimum atomic E-state index is -0.708. The fraction of sp³-hybridized carbons (Fsp3) is 0.323. The Morgan fingerprint density at radius 2 is 1.85 bits per heavy atom. The summed E-state index contributed by atoms with van der Waals surface area (Å²) in [5.74, 6) is -0.860. The molecular weight excluding hydrogens is 494 g/mol. The van der Waals surface area contributed by atoms with E-state index in [1.807, 2.05) is 31.2 Å². The Hall–Kier alpha value is -4.01. The molecular formula is C31H33N3O5.